The lowest BCUT2D eigenvalue weighted by atomic mass is 9.77. The maximum atomic E-state index is 5.17. The molecule has 2 unspecified atom stereocenters. The van der Waals surface area contributed by atoms with E-state index < -0.39 is 0 Å². The predicted octanol–water partition coefficient (Wildman–Crippen LogP) is 2.54. The summed E-state index contributed by atoms with van der Waals surface area (Å²) >= 11 is 0. The summed E-state index contributed by atoms with van der Waals surface area (Å²) in [6.45, 7) is 3.74. The van der Waals surface area contributed by atoms with E-state index in [2.05, 4.69) is 29.2 Å². The van der Waals surface area contributed by atoms with Crippen molar-refractivity contribution in [2.24, 2.45) is 11.8 Å². The Kier molecular flexibility index (Phi) is 2.60. The molecular weight excluding hydrogens is 198 g/mol. The molecule has 0 amide bonds. The number of fused-ring (bicyclic) bond motifs is 1. The minimum atomic E-state index is 0.949. The van der Waals surface area contributed by atoms with Gasteiger partial charge < -0.3 is 4.74 Å². The number of hydrogen-bond donors (Lipinski definition) is 0. The smallest absolute Gasteiger partial charge is 0.118 e. The molecule has 1 aliphatic carbocycles. The lowest BCUT2D eigenvalue weighted by Crippen LogP contribution is -2.22. The fourth-order valence-corrected chi connectivity index (χ4v) is 2.97. The first-order valence-electron chi connectivity index (χ1n) is 6.20. The Balaban J connectivity index is 1.61. The van der Waals surface area contributed by atoms with Crippen LogP contribution >= 0.6 is 0 Å². The fourth-order valence-electron chi connectivity index (χ4n) is 2.97. The highest BCUT2D eigenvalue weighted by molar-refractivity contribution is 5.27. The van der Waals surface area contributed by atoms with Crippen molar-refractivity contribution < 1.29 is 4.74 Å². The molecule has 1 saturated heterocycles. The molecule has 0 bridgehead atoms. The normalized spacial score (nSPS) is 28.6. The second-order valence-corrected chi connectivity index (χ2v) is 5.14. The topological polar surface area (TPSA) is 12.5 Å². The Hall–Kier alpha value is -1.02. The fraction of sp³-hybridized carbons (Fsp3) is 0.571. The summed E-state index contributed by atoms with van der Waals surface area (Å²) in [6.07, 6.45) is 2.92. The molecule has 1 heterocycles. The number of benzene rings is 1. The van der Waals surface area contributed by atoms with Crippen molar-refractivity contribution in [2.75, 3.05) is 20.2 Å². The number of hydrogen-bond acceptors (Lipinski definition) is 2. The first-order chi connectivity index (χ1) is 7.85. The van der Waals surface area contributed by atoms with Crippen molar-refractivity contribution >= 4 is 0 Å². The van der Waals surface area contributed by atoms with Crippen LogP contribution in [0.15, 0.2) is 24.3 Å². The van der Waals surface area contributed by atoms with Crippen LogP contribution in [0.5, 0.6) is 5.75 Å². The van der Waals surface area contributed by atoms with Gasteiger partial charge in [0.05, 0.1) is 7.11 Å². The van der Waals surface area contributed by atoms with Gasteiger partial charge in [0, 0.05) is 19.6 Å². The number of rotatable bonds is 3. The molecule has 1 aromatic carbocycles. The summed E-state index contributed by atoms with van der Waals surface area (Å²) in [5, 5.41) is 0. The molecule has 3 rings (SSSR count). The Morgan fingerprint density at radius 3 is 2.25 bits per heavy atom. The largest absolute Gasteiger partial charge is 0.497 e. The lowest BCUT2D eigenvalue weighted by molar-refractivity contribution is 0.243. The van der Waals surface area contributed by atoms with Gasteiger partial charge in [0.15, 0.2) is 0 Å². The van der Waals surface area contributed by atoms with Crippen LogP contribution in [-0.4, -0.2) is 25.1 Å². The van der Waals surface area contributed by atoms with Gasteiger partial charge in [0.2, 0.25) is 0 Å². The number of methoxy groups -OCH3 is 1. The van der Waals surface area contributed by atoms with Gasteiger partial charge in [-0.3, -0.25) is 4.90 Å². The van der Waals surface area contributed by atoms with Gasteiger partial charge in [-0.2, -0.15) is 0 Å². The van der Waals surface area contributed by atoms with Crippen molar-refractivity contribution in [3.63, 3.8) is 0 Å². The molecule has 0 aromatic heterocycles. The Bertz CT molecular complexity index is 348. The second kappa shape index (κ2) is 4.10. The second-order valence-electron chi connectivity index (χ2n) is 5.14. The van der Waals surface area contributed by atoms with Crippen molar-refractivity contribution in [1.82, 2.24) is 4.90 Å². The van der Waals surface area contributed by atoms with Gasteiger partial charge in [0.1, 0.15) is 5.75 Å². The molecule has 0 radical (unpaired) electrons. The Morgan fingerprint density at radius 2 is 1.75 bits per heavy atom. The Labute approximate surface area is 97.2 Å². The minimum Gasteiger partial charge on any atom is -0.497 e. The standard InChI is InChI=1S/C14H19NO/c1-16-14-6-2-11(3-7-14)8-15-9-12-4-5-13(12)10-15/h2-3,6-7,12-13H,4-5,8-10H2,1H3. The van der Waals surface area contributed by atoms with Crippen LogP contribution in [0.4, 0.5) is 0 Å². The van der Waals surface area contributed by atoms with Crippen LogP contribution < -0.4 is 4.74 Å². The van der Waals surface area contributed by atoms with Crippen LogP contribution in [0.2, 0.25) is 0 Å². The molecule has 2 heteroatoms. The van der Waals surface area contributed by atoms with Gasteiger partial charge in [-0.1, -0.05) is 12.1 Å². The molecule has 16 heavy (non-hydrogen) atoms. The van der Waals surface area contributed by atoms with E-state index in [1.165, 1.54) is 31.5 Å². The summed E-state index contributed by atoms with van der Waals surface area (Å²) in [7, 11) is 1.72. The summed E-state index contributed by atoms with van der Waals surface area (Å²) in [5.41, 5.74) is 1.40. The van der Waals surface area contributed by atoms with E-state index >= 15 is 0 Å². The first kappa shape index (κ1) is 10.2. The third kappa shape index (κ3) is 1.82. The zero-order valence-electron chi connectivity index (χ0n) is 9.86. The molecule has 2 nitrogen and oxygen atoms in total. The van der Waals surface area contributed by atoms with E-state index in [9.17, 15) is 0 Å². The van der Waals surface area contributed by atoms with Crippen molar-refractivity contribution in [3.8, 4) is 5.75 Å². The predicted molar refractivity (Wildman–Crippen MR) is 64.5 cm³/mol. The summed E-state index contributed by atoms with van der Waals surface area (Å²) in [4.78, 5) is 2.60. The Morgan fingerprint density at radius 1 is 1.12 bits per heavy atom. The van der Waals surface area contributed by atoms with Crippen LogP contribution in [0, 0.1) is 11.8 Å². The van der Waals surface area contributed by atoms with E-state index in [0.29, 0.717) is 0 Å². The summed E-state index contributed by atoms with van der Waals surface area (Å²) < 4.78 is 5.17. The van der Waals surface area contributed by atoms with Crippen LogP contribution in [0.3, 0.4) is 0 Å². The third-order valence-corrected chi connectivity index (χ3v) is 4.13. The van der Waals surface area contributed by atoms with Gasteiger partial charge in [-0.25, -0.2) is 0 Å². The molecule has 1 aromatic rings. The van der Waals surface area contributed by atoms with E-state index in [0.717, 1.165) is 24.1 Å². The third-order valence-electron chi connectivity index (χ3n) is 4.13. The van der Waals surface area contributed by atoms with Gasteiger partial charge in [-0.05, 0) is 42.4 Å². The average Bonchev–Trinajstić information content (AvgIpc) is 2.57. The van der Waals surface area contributed by atoms with E-state index in [-0.39, 0.29) is 0 Å². The van der Waals surface area contributed by atoms with Gasteiger partial charge >= 0.3 is 0 Å². The quantitative estimate of drug-likeness (QED) is 0.771. The zero-order chi connectivity index (χ0) is 11.0. The molecule has 2 fully saturated rings. The SMILES string of the molecule is COc1ccc(CN2CC3CCC3C2)cc1. The highest BCUT2D eigenvalue weighted by atomic mass is 16.5. The number of ether oxygens (including phenoxy) is 1. The maximum Gasteiger partial charge on any atom is 0.118 e. The van der Waals surface area contributed by atoms with Crippen LogP contribution in [0.1, 0.15) is 18.4 Å². The molecule has 1 aliphatic heterocycles. The van der Waals surface area contributed by atoms with Crippen LogP contribution in [0.25, 0.3) is 0 Å². The van der Waals surface area contributed by atoms with Gasteiger partial charge in [0.25, 0.3) is 0 Å². The number of nitrogens with zero attached hydrogens (tertiary/aromatic N) is 1. The number of likely N-dealkylation sites (tertiary alicyclic amines) is 1. The first-order valence-corrected chi connectivity index (χ1v) is 6.20. The molecule has 2 aliphatic rings. The van der Waals surface area contributed by atoms with Gasteiger partial charge in [-0.15, -0.1) is 0 Å². The monoisotopic (exact) mass is 217 g/mol. The zero-order valence-corrected chi connectivity index (χ0v) is 9.86. The molecular formula is C14H19NO. The molecule has 0 spiro atoms. The minimum absolute atomic E-state index is 0.949. The molecule has 2 atom stereocenters. The van der Waals surface area contributed by atoms with Crippen molar-refractivity contribution in [1.29, 1.82) is 0 Å². The van der Waals surface area contributed by atoms with E-state index in [1.807, 2.05) is 0 Å². The lowest BCUT2D eigenvalue weighted by Gasteiger charge is -2.28. The summed E-state index contributed by atoms with van der Waals surface area (Å²) in [5.74, 6) is 2.97. The van der Waals surface area contributed by atoms with Crippen LogP contribution in [-0.2, 0) is 6.54 Å². The summed E-state index contributed by atoms with van der Waals surface area (Å²) in [6, 6.07) is 8.47. The molecule has 0 N–H and O–H groups in total. The van der Waals surface area contributed by atoms with Crippen molar-refractivity contribution in [3.05, 3.63) is 29.8 Å². The molecule has 1 saturated carbocycles. The molecule has 86 valence electrons. The highest BCUT2D eigenvalue weighted by Gasteiger charge is 2.38. The average molecular weight is 217 g/mol. The van der Waals surface area contributed by atoms with E-state index in [1.54, 1.807) is 7.11 Å². The highest BCUT2D eigenvalue weighted by Crippen LogP contribution is 2.40. The maximum absolute atomic E-state index is 5.17. The van der Waals surface area contributed by atoms with E-state index in [4.69, 9.17) is 4.74 Å². The van der Waals surface area contributed by atoms with Crippen molar-refractivity contribution in [2.45, 2.75) is 19.4 Å².